The van der Waals surface area contributed by atoms with Gasteiger partial charge in [0.05, 0.1) is 39.6 Å². The van der Waals surface area contributed by atoms with Gasteiger partial charge in [0.1, 0.15) is 183 Å². The number of aliphatic hydroxyl groups excluding tert-OH is 20. The summed E-state index contributed by atoms with van der Waals surface area (Å²) in [5.41, 5.74) is 0. The lowest BCUT2D eigenvalue weighted by atomic mass is 9.95. The van der Waals surface area contributed by atoms with Gasteiger partial charge in [0.25, 0.3) is 0 Å². The van der Waals surface area contributed by atoms with Crippen LogP contribution >= 0.6 is 15.9 Å². The maximum absolute atomic E-state index is 11.8. The lowest BCUT2D eigenvalue weighted by Gasteiger charge is -2.50. The first-order chi connectivity index (χ1) is 40.1. The van der Waals surface area contributed by atoms with E-state index in [1.165, 1.54) is 12.1 Å². The van der Waals surface area contributed by atoms with Crippen molar-refractivity contribution < 1.29 is 173 Å². The van der Waals surface area contributed by atoms with Crippen LogP contribution in [0.2, 0.25) is 0 Å². The van der Waals surface area contributed by atoms with Gasteiger partial charge >= 0.3 is 0 Å². The Morgan fingerprint density at radius 1 is 0.262 bits per heavy atom. The number of aliphatic hydroxyl groups is 20. The highest BCUT2D eigenvalue weighted by atomic mass is 79.9. The van der Waals surface area contributed by atoms with Crippen LogP contribution in [0.4, 0.5) is 0 Å². The fourth-order valence-corrected chi connectivity index (χ4v) is 11.4. The summed E-state index contributed by atoms with van der Waals surface area (Å²) < 4.78 is 87.7. The van der Waals surface area contributed by atoms with Gasteiger partial charge in [-0.3, -0.25) is 0 Å². The normalized spacial score (nSPS) is 51.7. The van der Waals surface area contributed by atoms with Gasteiger partial charge in [0.2, 0.25) is 0 Å². The number of rotatable bonds is 9. The van der Waals surface area contributed by atoms with Gasteiger partial charge in [-0.15, -0.1) is 0 Å². The minimum Gasteiger partial charge on any atom is -0.491 e. The molecule has 0 spiro atoms. The second-order valence-electron chi connectivity index (χ2n) is 21.2. The third kappa shape index (κ3) is 13.5. The van der Waals surface area contributed by atoms with Crippen LogP contribution in [-0.4, -0.2) is 363 Å². The molecule has 0 aromatic heterocycles. The van der Waals surface area contributed by atoms with Gasteiger partial charge in [-0.1, -0.05) is 15.9 Å². The van der Waals surface area contributed by atoms with Crippen LogP contribution < -0.4 is 4.74 Å². The van der Waals surface area contributed by atoms with Crippen molar-refractivity contribution in [2.24, 2.45) is 0 Å². The van der Waals surface area contributed by atoms with Crippen molar-refractivity contribution in [1.82, 2.24) is 0 Å². The zero-order chi connectivity index (χ0) is 60.7. The molecule has 1 aromatic rings. The van der Waals surface area contributed by atoms with Crippen molar-refractivity contribution in [2.75, 3.05) is 46.2 Å². The van der Waals surface area contributed by atoms with E-state index in [1.54, 1.807) is 12.1 Å². The van der Waals surface area contributed by atoms with Crippen LogP contribution in [0.15, 0.2) is 28.7 Å². The summed E-state index contributed by atoms with van der Waals surface area (Å²) >= 11 is 3.31. The average Bonchev–Trinajstić information content (AvgIpc) is 2.12. The highest BCUT2D eigenvalue weighted by Gasteiger charge is 2.59. The summed E-state index contributed by atoms with van der Waals surface area (Å²) in [5.74, 6) is 0.216. The average molecular weight is 1290 g/mol. The molecule has 20 N–H and O–H groups in total. The molecule has 0 aliphatic carbocycles. The van der Waals surface area contributed by atoms with Crippen LogP contribution in [0.1, 0.15) is 0 Å². The molecule has 0 amide bonds. The number of benzene rings is 1. The fourth-order valence-electron chi connectivity index (χ4n) is 11.1. The van der Waals surface area contributed by atoms with Crippen molar-refractivity contribution in [3.8, 4) is 5.75 Å². The Morgan fingerprint density at radius 2 is 0.440 bits per heavy atom. The fraction of sp³-hybridized carbons (Fsp3) is 0.875. The standard InChI is InChI=1S/C48H73BrO35/c49-12-1-3-13(4-2-12)70-11-20-41-27(62)34(69)48(77-20)83-40-19(10-55)75-46(32(67)25(40)60)81-38-17(8-53)73-44(30(65)23(38)58)79-36-15(6-51)71-42(28(63)21(36)56)78-35-14(5-50)72-43(29(64)22(35)57)80-37-16(7-52)74-45(31(66)24(37)59)82-39-18(9-54)76-47(84-41)33(68)26(39)61/h1-4,14-48,50-69H,5-11H2/t14-,15-,16-,17-,18-,19-,20-,21-,22+,23-,24+,25-,26+,27-,28-,29+,30-,31+,32-,33-,34-,35-,36-,37-,38-,39-,40-,41-,42-,43-,44-,45-,46-,47-,48-/m1/s1. The third-order valence-corrected chi connectivity index (χ3v) is 16.4. The first kappa shape index (κ1) is 66.6. The van der Waals surface area contributed by atoms with E-state index in [4.69, 9.17) is 71.1 Å². The molecule has 35 nitrogen and oxygen atoms in total. The van der Waals surface area contributed by atoms with Crippen molar-refractivity contribution in [2.45, 2.75) is 215 Å². The van der Waals surface area contributed by atoms with E-state index in [9.17, 15) is 102 Å². The van der Waals surface area contributed by atoms with Crippen LogP contribution in [0.3, 0.4) is 0 Å². The number of halogens is 1. The molecular weight excluding hydrogens is 1220 g/mol. The maximum Gasteiger partial charge on any atom is 0.187 e. The van der Waals surface area contributed by atoms with Crippen LogP contribution in [0, 0.1) is 0 Å². The Morgan fingerprint density at radius 3 is 0.631 bits per heavy atom. The molecule has 21 fully saturated rings. The molecule has 21 saturated heterocycles. The predicted molar refractivity (Wildman–Crippen MR) is 261 cm³/mol. The zero-order valence-electron chi connectivity index (χ0n) is 43.9. The Bertz CT molecular complexity index is 2180. The number of ether oxygens (including phenoxy) is 15. The van der Waals surface area contributed by atoms with Crippen LogP contribution in [0.5, 0.6) is 5.75 Å². The third-order valence-electron chi connectivity index (χ3n) is 15.8. The molecule has 84 heavy (non-hydrogen) atoms. The molecule has 21 heterocycles. The molecule has 14 bridgehead atoms. The van der Waals surface area contributed by atoms with E-state index in [0.29, 0.717) is 4.47 Å². The molecule has 22 rings (SSSR count). The smallest absolute Gasteiger partial charge is 0.187 e. The Balaban J connectivity index is 1.02. The van der Waals surface area contributed by atoms with E-state index in [-0.39, 0.29) is 5.75 Å². The van der Waals surface area contributed by atoms with E-state index in [0.717, 1.165) is 0 Å². The largest absolute Gasteiger partial charge is 0.491 e. The quantitative estimate of drug-likeness (QED) is 0.109. The van der Waals surface area contributed by atoms with E-state index in [2.05, 4.69) is 15.9 Å². The molecular formula is C48H73BrO35. The lowest BCUT2D eigenvalue weighted by Crippen LogP contribution is -2.68. The van der Waals surface area contributed by atoms with Gasteiger partial charge in [-0.25, -0.2) is 0 Å². The molecule has 1 aromatic carbocycles. The van der Waals surface area contributed by atoms with E-state index >= 15 is 0 Å². The first-order valence-corrected chi connectivity index (χ1v) is 27.6. The second kappa shape index (κ2) is 28.5. The summed E-state index contributed by atoms with van der Waals surface area (Å²) in [6.07, 6.45) is -70.0. The van der Waals surface area contributed by atoms with Crippen molar-refractivity contribution in [3.63, 3.8) is 0 Å². The van der Waals surface area contributed by atoms with Gasteiger partial charge in [-0.05, 0) is 24.3 Å². The summed E-state index contributed by atoms with van der Waals surface area (Å²) in [5, 5.41) is 223. The van der Waals surface area contributed by atoms with E-state index < -0.39 is 261 Å². The Labute approximate surface area is 483 Å². The molecule has 0 unspecified atom stereocenters. The van der Waals surface area contributed by atoms with Gasteiger partial charge in [0.15, 0.2) is 44.0 Å². The summed E-state index contributed by atoms with van der Waals surface area (Å²) in [6.45, 7) is -6.84. The number of hydrogen-bond donors (Lipinski definition) is 20. The van der Waals surface area contributed by atoms with Crippen LogP contribution in [0.25, 0.3) is 0 Å². The maximum atomic E-state index is 11.8. The molecule has 482 valence electrons. The molecule has 21 aliphatic rings. The van der Waals surface area contributed by atoms with Crippen LogP contribution in [-0.2, 0) is 66.3 Å². The molecule has 35 atom stereocenters. The van der Waals surface area contributed by atoms with Crippen molar-refractivity contribution in [1.29, 1.82) is 0 Å². The monoisotopic (exact) mass is 1290 g/mol. The second-order valence-corrected chi connectivity index (χ2v) is 22.1. The van der Waals surface area contributed by atoms with Gasteiger partial charge in [0, 0.05) is 4.47 Å². The topological polar surface area (TPSA) is 543 Å². The lowest BCUT2D eigenvalue weighted by molar-refractivity contribution is -0.396. The SMILES string of the molecule is OC[C@H]1O[C@@H]2O[C@H]3[C@H](O)[C@@H](O)[C@@H](O[C@H]4[C@@H](O)[C@H](O)[C@@H](O[C@H]5[C@@H](O)[C@H](O)[C@@H](O[C@H]6[C@@H](O)[C@@H](O)[C@@H](O[C@H]7[C@H](O)[C@@H](O)[C@@H](O[C@H]8[C@H](O)[C@@H](O)[C@@H](O[C@H]1[C@H](O)[C@H]2O)O[C@@H]8CO)O[C@@H]7COc1ccc(Br)cc1)O[C@@H]6CO)O[C@@H]5CO)O[C@@H]4CO)O[C@@H]3CO. The first-order valence-electron chi connectivity index (χ1n) is 26.8. The van der Waals surface area contributed by atoms with Gasteiger partial charge in [-0.2, -0.15) is 0 Å². The van der Waals surface area contributed by atoms with Gasteiger partial charge < -0.3 is 173 Å². The minimum atomic E-state index is -2.21. The van der Waals surface area contributed by atoms with E-state index in [1.807, 2.05) is 0 Å². The molecule has 36 heteroatoms. The number of hydrogen-bond acceptors (Lipinski definition) is 35. The Hall–Kier alpha value is -1.86. The summed E-state index contributed by atoms with van der Waals surface area (Å²) in [4.78, 5) is 0. The van der Waals surface area contributed by atoms with Crippen molar-refractivity contribution >= 4 is 15.9 Å². The minimum absolute atomic E-state index is 0.216. The molecule has 0 saturated carbocycles. The molecule has 0 radical (unpaired) electrons. The highest BCUT2D eigenvalue weighted by molar-refractivity contribution is 9.10. The zero-order valence-corrected chi connectivity index (χ0v) is 45.5. The van der Waals surface area contributed by atoms with Crippen molar-refractivity contribution in [3.05, 3.63) is 28.7 Å². The highest BCUT2D eigenvalue weighted by Crippen LogP contribution is 2.39. The summed E-state index contributed by atoms with van der Waals surface area (Å²) in [7, 11) is 0. The summed E-state index contributed by atoms with van der Waals surface area (Å²) in [6, 6.07) is 6.28. The molecule has 21 aliphatic heterocycles. The Kier molecular flexibility index (Phi) is 22.6. The predicted octanol–water partition coefficient (Wildman–Crippen LogP) is -12.4.